The van der Waals surface area contributed by atoms with Gasteiger partial charge in [0.2, 0.25) is 0 Å². The van der Waals surface area contributed by atoms with Crippen molar-refractivity contribution in [1.82, 2.24) is 10.6 Å². The van der Waals surface area contributed by atoms with Crippen molar-refractivity contribution in [2.75, 3.05) is 0 Å². The molecule has 1 aliphatic heterocycles. The monoisotopic (exact) mass is 354 g/mol. The van der Waals surface area contributed by atoms with E-state index in [1.54, 1.807) is 6.07 Å². The maximum atomic E-state index is 12.7. The lowest BCUT2D eigenvalue weighted by Crippen LogP contribution is -2.43. The Balaban J connectivity index is 1.88. The largest absolute Gasteiger partial charge is 0.327 e. The van der Waals surface area contributed by atoms with Crippen molar-refractivity contribution in [3.63, 3.8) is 0 Å². The highest BCUT2D eigenvalue weighted by molar-refractivity contribution is 9.10. The van der Waals surface area contributed by atoms with Crippen LogP contribution >= 0.6 is 15.9 Å². The predicted octanol–water partition coefficient (Wildman–Crippen LogP) is 3.41. The van der Waals surface area contributed by atoms with E-state index in [0.717, 1.165) is 15.6 Å². The molecule has 0 bridgehead atoms. The lowest BCUT2D eigenvalue weighted by molar-refractivity contribution is 0.103. The van der Waals surface area contributed by atoms with Crippen molar-refractivity contribution in [2.45, 2.75) is 6.04 Å². The number of urea groups is 1. The first-order valence-corrected chi connectivity index (χ1v) is 7.65. The van der Waals surface area contributed by atoms with Crippen LogP contribution in [0, 0.1) is 0 Å². The van der Waals surface area contributed by atoms with Gasteiger partial charge in [-0.3, -0.25) is 4.79 Å². The molecule has 0 unspecified atom stereocenters. The minimum absolute atomic E-state index is 0.0361. The van der Waals surface area contributed by atoms with Gasteiger partial charge in [0.05, 0.1) is 17.3 Å². The molecule has 2 N–H and O–H groups in total. The summed E-state index contributed by atoms with van der Waals surface area (Å²) in [4.78, 5) is 24.7. The number of benzene rings is 2. The highest BCUT2D eigenvalue weighted by atomic mass is 79.9. The number of hydrogen-bond donors (Lipinski definition) is 2. The van der Waals surface area contributed by atoms with E-state index in [2.05, 4.69) is 26.6 Å². The molecule has 4 rings (SSSR count). The summed E-state index contributed by atoms with van der Waals surface area (Å²) in [6.45, 7) is 0. The summed E-state index contributed by atoms with van der Waals surface area (Å²) in [6.07, 6.45) is 0. The highest BCUT2D eigenvalue weighted by Crippen LogP contribution is 2.39. The van der Waals surface area contributed by atoms with Crippen LogP contribution < -0.4 is 10.6 Å². The quantitative estimate of drug-likeness (QED) is 0.824. The second kappa shape index (κ2) is 4.81. The molecule has 0 radical (unpaired) electrons. The molecule has 4 nitrogen and oxygen atoms in total. The maximum Gasteiger partial charge on any atom is 0.320 e. The molecule has 0 saturated heterocycles. The number of fused-ring (bicyclic) bond motifs is 2. The standard InChI is InChI=1S/C17H11BrN2O2/c18-10-7-5-9(6-8-10)14-13-15(20-17(22)19-14)11-3-1-2-4-12(11)16(13)21/h1-8,14H,(H2,19,20,22)/t14-/m0/s1. The Hall–Kier alpha value is -2.40. The molecular weight excluding hydrogens is 344 g/mol. The van der Waals surface area contributed by atoms with E-state index in [-0.39, 0.29) is 11.8 Å². The number of ketones is 1. The normalized spacial score (nSPS) is 19.4. The Morgan fingerprint density at radius 2 is 1.59 bits per heavy atom. The second-order valence-corrected chi connectivity index (χ2v) is 6.16. The number of hydrogen-bond acceptors (Lipinski definition) is 2. The fourth-order valence-electron chi connectivity index (χ4n) is 2.97. The Morgan fingerprint density at radius 1 is 0.909 bits per heavy atom. The van der Waals surface area contributed by atoms with E-state index in [1.165, 1.54) is 0 Å². The topological polar surface area (TPSA) is 58.2 Å². The van der Waals surface area contributed by atoms with Crippen LogP contribution in [0.2, 0.25) is 0 Å². The van der Waals surface area contributed by atoms with Gasteiger partial charge in [-0.05, 0) is 17.7 Å². The van der Waals surface area contributed by atoms with Crippen molar-refractivity contribution in [1.29, 1.82) is 0 Å². The lowest BCUT2D eigenvalue weighted by atomic mass is 9.94. The molecule has 0 aromatic heterocycles. The van der Waals surface area contributed by atoms with E-state index in [1.807, 2.05) is 42.5 Å². The van der Waals surface area contributed by atoms with Gasteiger partial charge in [-0.25, -0.2) is 4.79 Å². The minimum atomic E-state index is -0.434. The van der Waals surface area contributed by atoms with Crippen molar-refractivity contribution < 1.29 is 9.59 Å². The van der Waals surface area contributed by atoms with E-state index in [4.69, 9.17) is 0 Å². The Labute approximate surface area is 135 Å². The molecule has 2 aromatic rings. The number of carbonyl (C=O) groups excluding carboxylic acids is 2. The van der Waals surface area contributed by atoms with Crippen molar-refractivity contribution >= 4 is 33.4 Å². The summed E-state index contributed by atoms with van der Waals surface area (Å²) in [5.74, 6) is -0.0361. The van der Waals surface area contributed by atoms with E-state index in [9.17, 15) is 9.59 Å². The van der Waals surface area contributed by atoms with Gasteiger partial charge in [-0.2, -0.15) is 0 Å². The molecule has 1 heterocycles. The first-order chi connectivity index (χ1) is 10.6. The van der Waals surface area contributed by atoms with Crippen LogP contribution in [0.5, 0.6) is 0 Å². The van der Waals surface area contributed by atoms with Crippen LogP contribution in [0.25, 0.3) is 5.70 Å². The average molecular weight is 355 g/mol. The molecule has 1 aliphatic carbocycles. The highest BCUT2D eigenvalue weighted by Gasteiger charge is 2.39. The zero-order chi connectivity index (χ0) is 15.3. The number of halogens is 1. The van der Waals surface area contributed by atoms with Gasteiger partial charge in [0, 0.05) is 15.6 Å². The van der Waals surface area contributed by atoms with Gasteiger partial charge >= 0.3 is 6.03 Å². The minimum Gasteiger partial charge on any atom is -0.327 e. The van der Waals surface area contributed by atoms with Gasteiger partial charge in [-0.15, -0.1) is 0 Å². The van der Waals surface area contributed by atoms with Crippen molar-refractivity contribution in [3.05, 3.63) is 75.3 Å². The van der Waals surface area contributed by atoms with Crippen LogP contribution in [-0.4, -0.2) is 11.8 Å². The molecular formula is C17H11BrN2O2. The molecule has 0 fully saturated rings. The molecule has 0 saturated carbocycles. The van der Waals surface area contributed by atoms with Crippen LogP contribution in [-0.2, 0) is 0 Å². The summed E-state index contributed by atoms with van der Waals surface area (Å²) in [5.41, 5.74) is 3.53. The van der Waals surface area contributed by atoms with E-state index < -0.39 is 6.04 Å². The van der Waals surface area contributed by atoms with Crippen LogP contribution in [0.3, 0.4) is 0 Å². The summed E-state index contributed by atoms with van der Waals surface area (Å²) < 4.78 is 0.951. The number of amides is 2. The molecule has 108 valence electrons. The molecule has 0 spiro atoms. The Morgan fingerprint density at radius 3 is 2.32 bits per heavy atom. The summed E-state index contributed by atoms with van der Waals surface area (Å²) >= 11 is 3.39. The smallest absolute Gasteiger partial charge is 0.320 e. The number of nitrogens with one attached hydrogen (secondary N) is 2. The zero-order valence-electron chi connectivity index (χ0n) is 11.4. The molecule has 22 heavy (non-hydrogen) atoms. The molecule has 5 heteroatoms. The molecule has 2 aromatic carbocycles. The third kappa shape index (κ3) is 1.89. The van der Waals surface area contributed by atoms with Crippen LogP contribution in [0.4, 0.5) is 4.79 Å². The summed E-state index contributed by atoms with van der Waals surface area (Å²) in [5, 5.41) is 5.62. The fraction of sp³-hybridized carbons (Fsp3) is 0.0588. The van der Waals surface area contributed by atoms with Crippen molar-refractivity contribution in [2.24, 2.45) is 0 Å². The summed E-state index contributed by atoms with van der Waals surface area (Å²) in [7, 11) is 0. The van der Waals surface area contributed by atoms with Gasteiger partial charge in [0.25, 0.3) is 0 Å². The van der Waals surface area contributed by atoms with Crippen molar-refractivity contribution in [3.8, 4) is 0 Å². The molecule has 1 atom stereocenters. The SMILES string of the molecule is O=C1NC2=C(C(=O)c3ccccc32)[C@H](c2ccc(Br)cc2)N1. The number of Topliss-reactive ketones (excluding diaryl/α,β-unsaturated/α-hetero) is 1. The lowest BCUT2D eigenvalue weighted by Gasteiger charge is -2.26. The van der Waals surface area contributed by atoms with Gasteiger partial charge in [-0.1, -0.05) is 52.3 Å². The molecule has 2 amide bonds. The molecule has 2 aliphatic rings. The maximum absolute atomic E-state index is 12.7. The zero-order valence-corrected chi connectivity index (χ0v) is 13.0. The Bertz CT molecular complexity index is 840. The van der Waals surface area contributed by atoms with Gasteiger partial charge in [0.15, 0.2) is 5.78 Å². The third-order valence-electron chi connectivity index (χ3n) is 3.96. The predicted molar refractivity (Wildman–Crippen MR) is 86.2 cm³/mol. The fourth-order valence-corrected chi connectivity index (χ4v) is 3.24. The third-order valence-corrected chi connectivity index (χ3v) is 4.49. The summed E-state index contributed by atoms with van der Waals surface area (Å²) in [6, 6.07) is 14.2. The van der Waals surface area contributed by atoms with Crippen LogP contribution in [0.15, 0.2) is 58.6 Å². The Kier molecular flexibility index (Phi) is 2.90. The first kappa shape index (κ1) is 13.3. The van der Waals surface area contributed by atoms with Gasteiger partial charge < -0.3 is 10.6 Å². The first-order valence-electron chi connectivity index (χ1n) is 6.86. The van der Waals surface area contributed by atoms with Gasteiger partial charge in [0.1, 0.15) is 0 Å². The van der Waals surface area contributed by atoms with E-state index in [0.29, 0.717) is 16.8 Å². The van der Waals surface area contributed by atoms with E-state index >= 15 is 0 Å². The number of carbonyl (C=O) groups is 2. The van der Waals surface area contributed by atoms with Crippen LogP contribution in [0.1, 0.15) is 27.5 Å². The number of rotatable bonds is 1. The average Bonchev–Trinajstić information content (AvgIpc) is 2.81. The second-order valence-electron chi connectivity index (χ2n) is 5.25.